The van der Waals surface area contributed by atoms with Gasteiger partial charge in [0.15, 0.2) is 0 Å². The summed E-state index contributed by atoms with van der Waals surface area (Å²) >= 11 is 0.383. The fourth-order valence-corrected chi connectivity index (χ4v) is 4.24. The van der Waals surface area contributed by atoms with Crippen LogP contribution in [-0.2, 0) is 4.74 Å². The van der Waals surface area contributed by atoms with Crippen LogP contribution in [0.2, 0.25) is 0 Å². The summed E-state index contributed by atoms with van der Waals surface area (Å²) in [4.78, 5) is 0.465. The van der Waals surface area contributed by atoms with E-state index in [-0.39, 0.29) is 0 Å². The molecule has 0 radical (unpaired) electrons. The van der Waals surface area contributed by atoms with Crippen molar-refractivity contribution in [2.75, 3.05) is 13.2 Å². The van der Waals surface area contributed by atoms with Crippen LogP contribution >= 0.6 is 0 Å². The van der Waals surface area contributed by atoms with Crippen molar-refractivity contribution in [2.24, 2.45) is 0 Å². The van der Waals surface area contributed by atoms with Crippen LogP contribution in [0.15, 0.2) is 72.3 Å². The Balaban J connectivity index is 2.02. The number of allylic oxidation sites excluding steroid dienone is 1. The summed E-state index contributed by atoms with van der Waals surface area (Å²) < 4.78 is 7.29. The van der Waals surface area contributed by atoms with Gasteiger partial charge in [0, 0.05) is 0 Å². The molecule has 0 aliphatic rings. The van der Waals surface area contributed by atoms with Crippen molar-refractivity contribution < 1.29 is 4.74 Å². The van der Waals surface area contributed by atoms with E-state index < -0.39 is 0 Å². The average molecular weight is 345 g/mol. The first-order valence-corrected chi connectivity index (χ1v) is 9.08. The number of ether oxygens (including phenoxy) is 1. The Kier molecular flexibility index (Phi) is 6.75. The van der Waals surface area contributed by atoms with E-state index in [1.54, 1.807) is 0 Å². The summed E-state index contributed by atoms with van der Waals surface area (Å²) in [7, 11) is 0. The fourth-order valence-electron chi connectivity index (χ4n) is 1.93. The maximum atomic E-state index is 5.87. The predicted molar refractivity (Wildman–Crippen MR) is 91.3 cm³/mol. The van der Waals surface area contributed by atoms with E-state index in [0.717, 1.165) is 6.61 Å². The molecule has 2 aromatic carbocycles. The van der Waals surface area contributed by atoms with Crippen LogP contribution in [0.25, 0.3) is 0 Å². The quantitative estimate of drug-likeness (QED) is 0.422. The van der Waals surface area contributed by atoms with Crippen molar-refractivity contribution in [1.82, 2.24) is 0 Å². The Hall–Kier alpha value is -1.34. The molecule has 0 fully saturated rings. The first kappa shape index (κ1) is 16.0. The third kappa shape index (κ3) is 5.89. The van der Waals surface area contributed by atoms with E-state index >= 15 is 0 Å². The van der Waals surface area contributed by atoms with Crippen molar-refractivity contribution in [3.63, 3.8) is 0 Å². The summed E-state index contributed by atoms with van der Waals surface area (Å²) in [6.45, 7) is 5.69. The maximum absolute atomic E-state index is 5.87. The summed E-state index contributed by atoms with van der Waals surface area (Å²) in [6.07, 6.45) is 2.14. The van der Waals surface area contributed by atoms with E-state index in [2.05, 4.69) is 80.6 Å². The van der Waals surface area contributed by atoms with Gasteiger partial charge in [0.2, 0.25) is 0 Å². The van der Waals surface area contributed by atoms with Crippen LogP contribution < -0.4 is 4.46 Å². The Bertz CT molecular complexity index is 544. The van der Waals surface area contributed by atoms with Gasteiger partial charge in [0.1, 0.15) is 0 Å². The first-order chi connectivity index (χ1) is 10.3. The van der Waals surface area contributed by atoms with E-state index in [4.69, 9.17) is 4.74 Å². The summed E-state index contributed by atoms with van der Waals surface area (Å²) in [5.41, 5.74) is 2.68. The van der Waals surface area contributed by atoms with Crippen molar-refractivity contribution in [1.29, 1.82) is 0 Å². The molecular formula is C19H22OSe. The van der Waals surface area contributed by atoms with Crippen molar-refractivity contribution >= 4 is 19.4 Å². The molecule has 0 spiro atoms. The van der Waals surface area contributed by atoms with Gasteiger partial charge >= 0.3 is 134 Å². The zero-order valence-electron chi connectivity index (χ0n) is 12.7. The van der Waals surface area contributed by atoms with E-state index in [9.17, 15) is 0 Å². The molecule has 1 atom stereocenters. The molecule has 0 aliphatic carbocycles. The third-order valence-electron chi connectivity index (χ3n) is 3.07. The molecule has 0 aromatic heterocycles. The van der Waals surface area contributed by atoms with Crippen LogP contribution in [0.3, 0.4) is 0 Å². The number of benzene rings is 2. The van der Waals surface area contributed by atoms with Gasteiger partial charge in [0.05, 0.1) is 0 Å². The molecular weight excluding hydrogens is 323 g/mol. The van der Waals surface area contributed by atoms with Crippen LogP contribution in [0.1, 0.15) is 24.2 Å². The second-order valence-corrected chi connectivity index (χ2v) is 7.83. The van der Waals surface area contributed by atoms with Gasteiger partial charge < -0.3 is 0 Å². The fraction of sp³-hybridized carbons (Fsp3) is 0.263. The Morgan fingerprint density at radius 2 is 1.62 bits per heavy atom. The third-order valence-corrected chi connectivity index (χ3v) is 5.67. The second kappa shape index (κ2) is 8.84. The van der Waals surface area contributed by atoms with Gasteiger partial charge in [-0.3, -0.25) is 0 Å². The molecule has 0 amide bonds. The summed E-state index contributed by atoms with van der Waals surface area (Å²) in [5.74, 6) is 0. The van der Waals surface area contributed by atoms with Crippen LogP contribution in [-0.4, -0.2) is 28.2 Å². The van der Waals surface area contributed by atoms with E-state index in [1.165, 1.54) is 15.6 Å². The van der Waals surface area contributed by atoms with Gasteiger partial charge in [-0.1, -0.05) is 0 Å². The minimum atomic E-state index is 0.383. The first-order valence-electron chi connectivity index (χ1n) is 7.23. The minimum absolute atomic E-state index is 0.383. The molecule has 0 saturated heterocycles. The Morgan fingerprint density at radius 3 is 2.24 bits per heavy atom. The zero-order chi connectivity index (χ0) is 14.9. The molecule has 1 nitrogen and oxygen atoms in total. The second-order valence-electron chi connectivity index (χ2n) is 5.15. The molecule has 1 unspecified atom stereocenters. The molecule has 2 aromatic rings. The van der Waals surface area contributed by atoms with Gasteiger partial charge in [-0.2, -0.15) is 0 Å². The molecule has 110 valence electrons. The summed E-state index contributed by atoms with van der Waals surface area (Å²) in [5, 5.41) is 0. The zero-order valence-corrected chi connectivity index (χ0v) is 14.4. The van der Waals surface area contributed by atoms with Crippen molar-refractivity contribution in [3.8, 4) is 0 Å². The van der Waals surface area contributed by atoms with Gasteiger partial charge in [-0.15, -0.1) is 0 Å². The SMILES string of the molecule is CC(C)=CCOCC([Se]c1ccccc1)c1ccccc1. The Morgan fingerprint density at radius 1 is 1.00 bits per heavy atom. The molecule has 0 saturated carbocycles. The van der Waals surface area contributed by atoms with Crippen LogP contribution in [0.5, 0.6) is 0 Å². The molecule has 0 heterocycles. The van der Waals surface area contributed by atoms with Crippen molar-refractivity contribution in [3.05, 3.63) is 77.9 Å². The topological polar surface area (TPSA) is 9.23 Å². The standard InChI is InChI=1S/C19H22OSe/c1-16(2)13-14-20-15-19(17-9-5-3-6-10-17)21-18-11-7-4-8-12-18/h3-13,19H,14-15H2,1-2H3. The molecule has 0 N–H and O–H groups in total. The normalized spacial score (nSPS) is 11.9. The molecule has 0 bridgehead atoms. The molecule has 21 heavy (non-hydrogen) atoms. The van der Waals surface area contributed by atoms with E-state index in [1.807, 2.05) is 0 Å². The van der Waals surface area contributed by atoms with Gasteiger partial charge in [-0.25, -0.2) is 0 Å². The van der Waals surface area contributed by atoms with Gasteiger partial charge in [0.25, 0.3) is 0 Å². The van der Waals surface area contributed by atoms with Crippen LogP contribution in [0.4, 0.5) is 0 Å². The monoisotopic (exact) mass is 346 g/mol. The average Bonchev–Trinajstić information content (AvgIpc) is 2.52. The number of hydrogen-bond acceptors (Lipinski definition) is 1. The van der Waals surface area contributed by atoms with E-state index in [0.29, 0.717) is 26.4 Å². The predicted octanol–water partition coefficient (Wildman–Crippen LogP) is 3.74. The molecule has 2 rings (SSSR count). The molecule has 2 heteroatoms. The number of rotatable bonds is 7. The van der Waals surface area contributed by atoms with Crippen LogP contribution in [0, 0.1) is 0 Å². The Labute approximate surface area is 134 Å². The number of hydrogen-bond donors (Lipinski definition) is 0. The van der Waals surface area contributed by atoms with Gasteiger partial charge in [-0.05, 0) is 0 Å². The van der Waals surface area contributed by atoms with Crippen molar-refractivity contribution in [2.45, 2.75) is 18.7 Å². The molecule has 0 aliphatic heterocycles. The summed E-state index contributed by atoms with van der Waals surface area (Å²) in [6, 6.07) is 21.4.